The van der Waals surface area contributed by atoms with Crippen molar-refractivity contribution in [3.63, 3.8) is 0 Å². The van der Waals surface area contributed by atoms with Gasteiger partial charge in [0.25, 0.3) is 0 Å². The summed E-state index contributed by atoms with van der Waals surface area (Å²) in [5.74, 6) is -1.13. The Morgan fingerprint density at radius 1 is 0.857 bits per heavy atom. The molecule has 5 heteroatoms. The van der Waals surface area contributed by atoms with Crippen LogP contribution in [0.1, 0.15) is 84.5 Å². The predicted molar refractivity (Wildman–Crippen MR) is 78.1 cm³/mol. The zero-order chi connectivity index (χ0) is 16.4. The molecule has 0 aliphatic rings. The highest BCUT2D eigenvalue weighted by Gasteiger charge is 2.54. The fourth-order valence-corrected chi connectivity index (χ4v) is 2.17. The molecule has 1 unspecified atom stereocenters. The predicted octanol–water partition coefficient (Wildman–Crippen LogP) is 5.18. The average Bonchev–Trinajstić information content (AvgIpc) is 2.39. The zero-order valence-corrected chi connectivity index (χ0v) is 13.3. The molecule has 0 saturated heterocycles. The van der Waals surface area contributed by atoms with Gasteiger partial charge in [-0.05, 0) is 13.3 Å². The van der Waals surface area contributed by atoms with Gasteiger partial charge in [0.1, 0.15) is 0 Å². The number of alkyl halides is 3. The fraction of sp³-hybridized carbons (Fsp3) is 0.938. The molecule has 0 bridgehead atoms. The van der Waals surface area contributed by atoms with E-state index in [0.717, 1.165) is 25.7 Å². The summed E-state index contributed by atoms with van der Waals surface area (Å²) >= 11 is 0. The van der Waals surface area contributed by atoms with E-state index >= 15 is 0 Å². The van der Waals surface area contributed by atoms with Crippen LogP contribution in [0.2, 0.25) is 0 Å². The number of carbonyl (C=O) groups excluding carboxylic acids is 1. The highest BCUT2D eigenvalue weighted by atomic mass is 19.4. The normalized spacial score (nSPS) is 15.0. The van der Waals surface area contributed by atoms with Crippen LogP contribution in [0.3, 0.4) is 0 Å². The minimum absolute atomic E-state index is 0.205. The summed E-state index contributed by atoms with van der Waals surface area (Å²) in [5.41, 5.74) is -3.20. The van der Waals surface area contributed by atoms with Crippen molar-refractivity contribution < 1.29 is 23.1 Å². The lowest BCUT2D eigenvalue weighted by Gasteiger charge is -2.24. The monoisotopic (exact) mass is 310 g/mol. The second kappa shape index (κ2) is 10.2. The molecule has 0 heterocycles. The van der Waals surface area contributed by atoms with E-state index in [-0.39, 0.29) is 6.42 Å². The maximum Gasteiger partial charge on any atom is 0.424 e. The van der Waals surface area contributed by atoms with Gasteiger partial charge in [0.05, 0.1) is 0 Å². The summed E-state index contributed by atoms with van der Waals surface area (Å²) < 4.78 is 37.2. The van der Waals surface area contributed by atoms with Gasteiger partial charge in [-0.3, -0.25) is 4.79 Å². The van der Waals surface area contributed by atoms with Gasteiger partial charge in [-0.2, -0.15) is 13.2 Å². The van der Waals surface area contributed by atoms with Gasteiger partial charge in [0.2, 0.25) is 5.60 Å². The van der Waals surface area contributed by atoms with Crippen molar-refractivity contribution >= 4 is 5.78 Å². The van der Waals surface area contributed by atoms with Crippen LogP contribution in [0.25, 0.3) is 0 Å². The Morgan fingerprint density at radius 2 is 1.24 bits per heavy atom. The first-order valence-electron chi connectivity index (χ1n) is 8.06. The van der Waals surface area contributed by atoms with E-state index in [1.165, 1.54) is 32.1 Å². The quantitative estimate of drug-likeness (QED) is 0.504. The summed E-state index contributed by atoms with van der Waals surface area (Å²) in [6, 6.07) is 0. The van der Waals surface area contributed by atoms with Crippen molar-refractivity contribution in [2.75, 3.05) is 0 Å². The second-order valence-electron chi connectivity index (χ2n) is 5.93. The number of carbonyl (C=O) groups is 1. The van der Waals surface area contributed by atoms with Crippen molar-refractivity contribution in [1.29, 1.82) is 0 Å². The van der Waals surface area contributed by atoms with Crippen LogP contribution in [0.4, 0.5) is 13.2 Å². The molecule has 0 aliphatic carbocycles. The first-order chi connectivity index (χ1) is 9.73. The van der Waals surface area contributed by atoms with Gasteiger partial charge in [-0.15, -0.1) is 0 Å². The molecule has 0 spiro atoms. The SMILES string of the molecule is CCCCCCCCCCCCC(=O)C(C)(O)C(F)(F)F. The van der Waals surface area contributed by atoms with Crippen LogP contribution in [-0.4, -0.2) is 22.7 Å². The average molecular weight is 310 g/mol. The van der Waals surface area contributed by atoms with Crippen LogP contribution >= 0.6 is 0 Å². The standard InChI is InChI=1S/C16H29F3O2/c1-3-4-5-6-7-8-9-10-11-12-13-14(20)15(2,21)16(17,18)19/h21H,3-13H2,1-2H3. The van der Waals surface area contributed by atoms with Crippen LogP contribution in [0.5, 0.6) is 0 Å². The Bertz CT molecular complexity index is 286. The van der Waals surface area contributed by atoms with Gasteiger partial charge in [0, 0.05) is 6.42 Å². The summed E-state index contributed by atoms with van der Waals surface area (Å²) in [5, 5.41) is 9.19. The van der Waals surface area contributed by atoms with E-state index in [1.807, 2.05) is 0 Å². The maximum atomic E-state index is 12.4. The maximum absolute atomic E-state index is 12.4. The number of halogens is 3. The molecule has 1 N–H and O–H groups in total. The van der Waals surface area contributed by atoms with Crippen LogP contribution in [0, 0.1) is 0 Å². The van der Waals surface area contributed by atoms with E-state index in [9.17, 15) is 23.1 Å². The van der Waals surface area contributed by atoms with E-state index in [2.05, 4.69) is 6.92 Å². The number of Topliss-reactive ketones (excluding diaryl/α,β-unsaturated/α-hetero) is 1. The highest BCUT2D eigenvalue weighted by molar-refractivity contribution is 5.87. The van der Waals surface area contributed by atoms with E-state index in [4.69, 9.17) is 0 Å². The molecule has 0 amide bonds. The first-order valence-corrected chi connectivity index (χ1v) is 8.06. The molecule has 0 radical (unpaired) electrons. The number of aliphatic hydroxyl groups is 1. The molecular weight excluding hydrogens is 281 g/mol. The largest absolute Gasteiger partial charge is 0.424 e. The minimum Gasteiger partial charge on any atom is -0.374 e. The summed E-state index contributed by atoms with van der Waals surface area (Å²) in [6.07, 6.45) is 5.47. The van der Waals surface area contributed by atoms with E-state index < -0.39 is 17.6 Å². The molecule has 2 nitrogen and oxygen atoms in total. The van der Waals surface area contributed by atoms with Gasteiger partial charge >= 0.3 is 6.18 Å². The molecule has 0 aromatic carbocycles. The molecule has 0 rings (SSSR count). The minimum atomic E-state index is -4.89. The van der Waals surface area contributed by atoms with E-state index in [0.29, 0.717) is 13.3 Å². The van der Waals surface area contributed by atoms with Gasteiger partial charge in [-0.25, -0.2) is 0 Å². The van der Waals surface area contributed by atoms with E-state index in [1.54, 1.807) is 0 Å². The first kappa shape index (κ1) is 20.4. The van der Waals surface area contributed by atoms with Crippen LogP contribution < -0.4 is 0 Å². The number of hydrogen-bond acceptors (Lipinski definition) is 2. The third kappa shape index (κ3) is 8.44. The summed E-state index contributed by atoms with van der Waals surface area (Å²) in [6.45, 7) is 2.71. The number of hydrogen-bond donors (Lipinski definition) is 1. The molecule has 0 aromatic heterocycles. The summed E-state index contributed by atoms with van der Waals surface area (Å²) in [4.78, 5) is 11.4. The lowest BCUT2D eigenvalue weighted by Crippen LogP contribution is -2.49. The van der Waals surface area contributed by atoms with Crippen molar-refractivity contribution in [3.8, 4) is 0 Å². The smallest absolute Gasteiger partial charge is 0.374 e. The van der Waals surface area contributed by atoms with Gasteiger partial charge in [0.15, 0.2) is 5.78 Å². The fourth-order valence-electron chi connectivity index (χ4n) is 2.17. The third-order valence-corrected chi connectivity index (χ3v) is 3.85. The summed E-state index contributed by atoms with van der Waals surface area (Å²) in [7, 11) is 0. The number of unbranched alkanes of at least 4 members (excludes halogenated alkanes) is 9. The number of rotatable bonds is 12. The van der Waals surface area contributed by atoms with Gasteiger partial charge in [-0.1, -0.05) is 64.7 Å². The van der Waals surface area contributed by atoms with Crippen molar-refractivity contribution in [3.05, 3.63) is 0 Å². The topological polar surface area (TPSA) is 37.3 Å². The highest BCUT2D eigenvalue weighted by Crippen LogP contribution is 2.32. The Kier molecular flexibility index (Phi) is 9.92. The lowest BCUT2D eigenvalue weighted by molar-refractivity contribution is -0.244. The lowest BCUT2D eigenvalue weighted by atomic mass is 9.95. The van der Waals surface area contributed by atoms with Crippen molar-refractivity contribution in [1.82, 2.24) is 0 Å². The second-order valence-corrected chi connectivity index (χ2v) is 5.93. The van der Waals surface area contributed by atoms with Gasteiger partial charge < -0.3 is 5.11 Å². The molecule has 0 aliphatic heterocycles. The molecule has 21 heavy (non-hydrogen) atoms. The molecule has 0 saturated carbocycles. The van der Waals surface area contributed by atoms with Crippen LogP contribution in [0.15, 0.2) is 0 Å². The Labute approximate surface area is 126 Å². The number of ketones is 1. The molecule has 0 aromatic rings. The Hall–Kier alpha value is -0.580. The van der Waals surface area contributed by atoms with Crippen LogP contribution in [-0.2, 0) is 4.79 Å². The molecule has 126 valence electrons. The molecule has 1 atom stereocenters. The molecule has 0 fully saturated rings. The third-order valence-electron chi connectivity index (χ3n) is 3.85. The van der Waals surface area contributed by atoms with Crippen molar-refractivity contribution in [2.45, 2.75) is 96.3 Å². The Balaban J connectivity index is 3.57. The molecular formula is C16H29F3O2. The zero-order valence-electron chi connectivity index (χ0n) is 13.3. The Morgan fingerprint density at radius 3 is 1.62 bits per heavy atom. The van der Waals surface area contributed by atoms with Crippen molar-refractivity contribution in [2.24, 2.45) is 0 Å².